The van der Waals surface area contributed by atoms with Crippen LogP contribution in [0, 0.1) is 11.3 Å². The van der Waals surface area contributed by atoms with Gasteiger partial charge in [0, 0.05) is 12.3 Å². The van der Waals surface area contributed by atoms with E-state index in [4.69, 9.17) is 16.9 Å². The van der Waals surface area contributed by atoms with Gasteiger partial charge in [0.25, 0.3) is 0 Å². The zero-order valence-corrected chi connectivity index (χ0v) is 9.95. The first-order valence-electron chi connectivity index (χ1n) is 5.05. The Bertz CT molecular complexity index is 132. The monoisotopic (exact) mass is 240 g/mol. The molecule has 0 atom stereocenters. The van der Waals surface area contributed by atoms with Crippen molar-refractivity contribution in [1.29, 1.82) is 5.26 Å². The maximum absolute atomic E-state index is 8.00. The van der Waals surface area contributed by atoms with Crippen molar-refractivity contribution in [2.75, 3.05) is 19.0 Å². The summed E-state index contributed by atoms with van der Waals surface area (Å²) in [6.45, 7) is 2.50. The average Bonchev–Trinajstić information content (AvgIpc) is 2.22. The van der Waals surface area contributed by atoms with Gasteiger partial charge in [-0.1, -0.05) is 6.42 Å². The summed E-state index contributed by atoms with van der Waals surface area (Å²) in [4.78, 5) is 0. The zero-order chi connectivity index (χ0) is 9.78. The summed E-state index contributed by atoms with van der Waals surface area (Å²) in [5.74, 6) is 0.682. The van der Waals surface area contributed by atoms with Crippen LogP contribution in [0.1, 0.15) is 40.0 Å². The fraction of sp³-hybridized carbons (Fsp3) is 0.900. The molecule has 0 aliphatic carbocycles. The molecule has 1 N–H and O–H groups in total. The fourth-order valence-corrected chi connectivity index (χ4v) is 1.29. The van der Waals surface area contributed by atoms with Gasteiger partial charge in [0.2, 0.25) is 0 Å². The van der Waals surface area contributed by atoms with Gasteiger partial charge in [0.05, 0.1) is 6.07 Å². The minimum Gasteiger partial charge on any atom is -1.00 e. The standard InChI is InChI=1S/C5H8ClN.C5H11N.Al.Li.4H/c6-4-2-1-3-5-7;1-2-4-6-5-3-1;;;;;;/h1-4H2;6H,1-5H2;;;;;;/q;;;+1;;;;-1. The largest absolute Gasteiger partial charge is 1.00 e. The molecule has 1 aliphatic rings. The van der Waals surface area contributed by atoms with E-state index in [2.05, 4.69) is 5.32 Å². The molecule has 2 nitrogen and oxygen atoms in total. The average molecular weight is 241 g/mol. The SMILES string of the molecule is C1CCNCC1.N#CCCCCCl.[AlH3].[H-].[Li+]. The summed E-state index contributed by atoms with van der Waals surface area (Å²) < 4.78 is 0. The van der Waals surface area contributed by atoms with Crippen LogP contribution in [0.5, 0.6) is 0 Å². The number of alkyl halides is 1. The molecular weight excluding hydrogens is 218 g/mol. The van der Waals surface area contributed by atoms with Crippen LogP contribution in [0.15, 0.2) is 0 Å². The van der Waals surface area contributed by atoms with Gasteiger partial charge < -0.3 is 6.74 Å². The molecule has 0 radical (unpaired) electrons. The zero-order valence-electron chi connectivity index (χ0n) is 10.2. The summed E-state index contributed by atoms with van der Waals surface area (Å²) in [6, 6.07) is 2.04. The molecule has 0 aromatic carbocycles. The molecule has 1 rings (SSSR count). The quantitative estimate of drug-likeness (QED) is 0.375. The molecule has 0 saturated carbocycles. The number of nitrogens with zero attached hydrogens (tertiary/aromatic N) is 1. The molecule has 0 amide bonds. The number of nitrogens with one attached hydrogen (secondary N) is 1. The van der Waals surface area contributed by atoms with E-state index in [9.17, 15) is 0 Å². The number of piperidine rings is 1. The van der Waals surface area contributed by atoms with Crippen LogP contribution in [0.25, 0.3) is 0 Å². The number of rotatable bonds is 3. The number of hydrogen-bond acceptors (Lipinski definition) is 2. The summed E-state index contributed by atoms with van der Waals surface area (Å²) in [7, 11) is 0. The van der Waals surface area contributed by atoms with Crippen molar-refractivity contribution in [3.8, 4) is 6.07 Å². The number of nitriles is 1. The second-order valence-corrected chi connectivity index (χ2v) is 3.49. The maximum atomic E-state index is 8.00. The Hall–Kier alpha value is 0.870. The van der Waals surface area contributed by atoms with Crippen LogP contribution >= 0.6 is 11.6 Å². The van der Waals surface area contributed by atoms with Gasteiger partial charge in [0.15, 0.2) is 17.4 Å². The van der Waals surface area contributed by atoms with Gasteiger partial charge in [-0.05, 0) is 38.8 Å². The molecule has 0 bridgehead atoms. The van der Waals surface area contributed by atoms with Gasteiger partial charge in [-0.3, -0.25) is 0 Å². The van der Waals surface area contributed by atoms with Crippen molar-refractivity contribution in [3.63, 3.8) is 0 Å². The van der Waals surface area contributed by atoms with Gasteiger partial charge in [-0.25, -0.2) is 0 Å². The van der Waals surface area contributed by atoms with Crippen molar-refractivity contribution in [3.05, 3.63) is 0 Å². The van der Waals surface area contributed by atoms with E-state index < -0.39 is 0 Å². The van der Waals surface area contributed by atoms with E-state index in [0.29, 0.717) is 12.3 Å². The van der Waals surface area contributed by atoms with E-state index in [1.807, 2.05) is 6.07 Å². The fourth-order valence-electron chi connectivity index (χ4n) is 1.10. The second kappa shape index (κ2) is 20.3. The Morgan fingerprint density at radius 2 is 1.80 bits per heavy atom. The molecule has 1 fully saturated rings. The molecule has 0 aromatic rings. The van der Waals surface area contributed by atoms with Crippen molar-refractivity contribution in [2.45, 2.75) is 38.5 Å². The molecule has 5 heteroatoms. The minimum atomic E-state index is 0. The number of unbranched alkanes of at least 4 members (excludes halogenated alkanes) is 2. The van der Waals surface area contributed by atoms with Gasteiger partial charge in [0.1, 0.15) is 0 Å². The Morgan fingerprint density at radius 3 is 2.07 bits per heavy atom. The van der Waals surface area contributed by atoms with Crippen LogP contribution in [-0.2, 0) is 0 Å². The molecular formula is C10H23AlClLiN2. The number of halogens is 1. The first-order chi connectivity index (χ1) is 6.41. The molecule has 1 aliphatic heterocycles. The predicted octanol–water partition coefficient (Wildman–Crippen LogP) is -1.39. The summed E-state index contributed by atoms with van der Waals surface area (Å²) in [5, 5.41) is 11.3. The second-order valence-electron chi connectivity index (χ2n) is 3.11. The Balaban J connectivity index is -0.0000000760. The first kappa shape index (κ1) is 21.2. The van der Waals surface area contributed by atoms with E-state index in [-0.39, 0.29) is 37.6 Å². The van der Waals surface area contributed by atoms with Crippen LogP contribution in [0.3, 0.4) is 0 Å². The van der Waals surface area contributed by atoms with Crippen molar-refractivity contribution in [2.24, 2.45) is 0 Å². The van der Waals surface area contributed by atoms with Gasteiger partial charge in [-0.2, -0.15) is 5.26 Å². The topological polar surface area (TPSA) is 35.8 Å². The first-order valence-corrected chi connectivity index (χ1v) is 5.59. The smallest absolute Gasteiger partial charge is 1.00 e. The van der Waals surface area contributed by atoms with Crippen LogP contribution < -0.4 is 24.2 Å². The minimum absolute atomic E-state index is 0. The van der Waals surface area contributed by atoms with Crippen LogP contribution in [0.2, 0.25) is 0 Å². The third-order valence-corrected chi connectivity index (χ3v) is 2.15. The Morgan fingerprint density at radius 1 is 1.20 bits per heavy atom. The van der Waals surface area contributed by atoms with E-state index >= 15 is 0 Å². The molecule has 84 valence electrons. The molecule has 0 spiro atoms. The molecule has 1 saturated heterocycles. The van der Waals surface area contributed by atoms with E-state index in [1.54, 1.807) is 0 Å². The molecule has 1 heterocycles. The third-order valence-electron chi connectivity index (χ3n) is 1.88. The van der Waals surface area contributed by atoms with Crippen LogP contribution in [0.4, 0.5) is 0 Å². The van der Waals surface area contributed by atoms with Crippen molar-refractivity contribution >= 4 is 29.0 Å². The predicted molar refractivity (Wildman–Crippen MR) is 68.0 cm³/mol. The van der Waals surface area contributed by atoms with E-state index in [1.165, 1.54) is 32.4 Å². The summed E-state index contributed by atoms with van der Waals surface area (Å²) in [5.41, 5.74) is 0. The van der Waals surface area contributed by atoms with Crippen LogP contribution in [-0.4, -0.2) is 36.3 Å². The van der Waals surface area contributed by atoms with Crippen molar-refractivity contribution in [1.82, 2.24) is 5.32 Å². The molecule has 0 unspecified atom stereocenters. The Labute approximate surface area is 123 Å². The normalized spacial score (nSPS) is 13.3. The number of hydrogen-bond donors (Lipinski definition) is 1. The third kappa shape index (κ3) is 20.8. The molecule has 15 heavy (non-hydrogen) atoms. The van der Waals surface area contributed by atoms with Gasteiger partial charge in [-0.15, -0.1) is 11.6 Å². The maximum Gasteiger partial charge on any atom is 1.00 e. The van der Waals surface area contributed by atoms with E-state index in [0.717, 1.165) is 12.8 Å². The molecule has 0 aromatic heterocycles. The summed E-state index contributed by atoms with van der Waals surface area (Å²) in [6.07, 6.45) is 6.77. The Kier molecular flexibility index (Phi) is 28.7. The summed E-state index contributed by atoms with van der Waals surface area (Å²) >= 11 is 5.33. The van der Waals surface area contributed by atoms with Gasteiger partial charge >= 0.3 is 18.9 Å². The van der Waals surface area contributed by atoms with Crippen molar-refractivity contribution < 1.29 is 20.3 Å².